The predicted octanol–water partition coefficient (Wildman–Crippen LogP) is 12.0. The van der Waals surface area contributed by atoms with E-state index in [1.807, 2.05) is 54.0 Å². The van der Waals surface area contributed by atoms with Gasteiger partial charge in [-0.2, -0.15) is 23.7 Å². The molecular weight excluding hydrogens is 1040 g/mol. The van der Waals surface area contributed by atoms with Crippen LogP contribution in [0, 0.1) is 56.3 Å². The summed E-state index contributed by atoms with van der Waals surface area (Å²) in [7, 11) is 0. The van der Waals surface area contributed by atoms with Gasteiger partial charge in [-0.05, 0) is 155 Å². The van der Waals surface area contributed by atoms with E-state index >= 15 is 0 Å². The lowest BCUT2D eigenvalue weighted by Gasteiger charge is -2.32. The number of aromatic amines is 2. The molecule has 0 atom stereocenters. The number of aliphatic carboxylic acids is 1. The van der Waals surface area contributed by atoms with Crippen molar-refractivity contribution in [3.05, 3.63) is 151 Å². The number of hydrogen-bond donors (Lipinski definition) is 4. The Kier molecular flexibility index (Phi) is 21.1. The number of nitrogens with one attached hydrogen (secondary N) is 3. The monoisotopic (exact) mass is 1120 g/mol. The summed E-state index contributed by atoms with van der Waals surface area (Å²) in [5.41, 5.74) is 16.5. The van der Waals surface area contributed by atoms with E-state index in [-0.39, 0.29) is 11.8 Å². The fourth-order valence-electron chi connectivity index (χ4n) is 11.2. The number of nitriles is 2. The van der Waals surface area contributed by atoms with E-state index in [0.717, 1.165) is 177 Å². The molecule has 0 bridgehead atoms. The number of carbonyl (C=O) groups excluding carboxylic acids is 2. The third kappa shape index (κ3) is 15.9. The summed E-state index contributed by atoms with van der Waals surface area (Å²) in [5.74, 6) is 0.905. The van der Waals surface area contributed by atoms with Gasteiger partial charge in [0.05, 0.1) is 34.7 Å². The fourth-order valence-corrected chi connectivity index (χ4v) is 11.2. The Balaban J connectivity index is 0.000000200. The third-order valence-electron chi connectivity index (χ3n) is 15.8. The molecule has 4 aromatic carbocycles. The number of amides is 2. The lowest BCUT2D eigenvalue weighted by molar-refractivity contribution is -0.192. The molecule has 6 aromatic rings. The van der Waals surface area contributed by atoms with Crippen molar-refractivity contribution in [2.24, 2.45) is 5.92 Å². The Bertz CT molecular complexity index is 3210. The average molecular weight is 1120 g/mol. The van der Waals surface area contributed by atoms with Crippen molar-refractivity contribution >= 4 is 17.8 Å². The molecule has 0 unspecified atom stereocenters. The highest BCUT2D eigenvalue weighted by atomic mass is 19.4. The fraction of sp³-hybridized carbons (Fsp3) is 0.462. The van der Waals surface area contributed by atoms with Gasteiger partial charge in [0, 0.05) is 118 Å². The molecule has 6 heterocycles. The van der Waals surface area contributed by atoms with Crippen LogP contribution >= 0.6 is 0 Å². The second-order valence-corrected chi connectivity index (χ2v) is 23.0. The topological polar surface area (TPSA) is 198 Å². The van der Waals surface area contributed by atoms with E-state index in [1.54, 1.807) is 0 Å². The van der Waals surface area contributed by atoms with Crippen LogP contribution in [0.4, 0.5) is 13.2 Å². The lowest BCUT2D eigenvalue weighted by Crippen LogP contribution is -2.38. The Hall–Kier alpha value is -7.60. The van der Waals surface area contributed by atoms with Gasteiger partial charge in [0.25, 0.3) is 11.8 Å². The number of aryl methyl sites for hydroxylation is 4. The van der Waals surface area contributed by atoms with Gasteiger partial charge in [-0.15, -0.1) is 0 Å². The minimum atomic E-state index is -5.08. The molecule has 434 valence electrons. The zero-order valence-electron chi connectivity index (χ0n) is 49.0. The lowest BCUT2D eigenvalue weighted by atomic mass is 9.88. The van der Waals surface area contributed by atoms with Crippen LogP contribution in [0.15, 0.2) is 72.8 Å². The number of benzene rings is 4. The Morgan fingerprint density at radius 3 is 1.35 bits per heavy atom. The van der Waals surface area contributed by atoms with Crippen molar-refractivity contribution in [3.8, 4) is 34.9 Å². The van der Waals surface area contributed by atoms with Gasteiger partial charge in [0.2, 0.25) is 0 Å². The molecule has 0 radical (unpaired) electrons. The van der Waals surface area contributed by atoms with E-state index < -0.39 is 12.1 Å². The molecular formula is C65H79F3N10O4. The van der Waals surface area contributed by atoms with Crippen molar-refractivity contribution in [1.82, 2.24) is 40.0 Å². The number of fused-ring (bicyclic) bond motifs is 2. The van der Waals surface area contributed by atoms with Crippen LogP contribution in [-0.2, 0) is 30.5 Å². The zero-order valence-corrected chi connectivity index (χ0v) is 49.0. The molecule has 4 N–H and O–H groups in total. The van der Waals surface area contributed by atoms with Crippen LogP contribution in [0.2, 0.25) is 0 Å². The number of aromatic nitrogens is 4. The molecule has 4 aliphatic rings. The van der Waals surface area contributed by atoms with Gasteiger partial charge in [-0.1, -0.05) is 57.2 Å². The number of carbonyl (C=O) groups is 3. The number of hydrogen-bond acceptors (Lipinski definition) is 9. The molecule has 2 aromatic heterocycles. The van der Waals surface area contributed by atoms with Crippen LogP contribution in [-0.4, -0.2) is 122 Å². The van der Waals surface area contributed by atoms with E-state index in [4.69, 9.17) is 30.4 Å². The van der Waals surface area contributed by atoms with E-state index in [9.17, 15) is 22.8 Å². The Morgan fingerprint density at radius 1 is 0.585 bits per heavy atom. The average Bonchev–Trinajstić information content (AvgIpc) is 3.90. The first-order valence-electron chi connectivity index (χ1n) is 28.8. The number of alkyl halides is 3. The quantitative estimate of drug-likeness (QED) is 0.119. The van der Waals surface area contributed by atoms with Crippen molar-refractivity contribution in [2.75, 3.05) is 52.4 Å². The number of rotatable bonds is 7. The molecule has 17 heteroatoms. The summed E-state index contributed by atoms with van der Waals surface area (Å²) in [6, 6.07) is 29.0. The number of carboxylic acids is 1. The normalized spacial score (nSPS) is 15.9. The first-order chi connectivity index (χ1) is 39.0. The summed E-state index contributed by atoms with van der Waals surface area (Å²) >= 11 is 0. The maximum absolute atomic E-state index is 13.6. The third-order valence-corrected chi connectivity index (χ3v) is 15.8. The smallest absolute Gasteiger partial charge is 0.475 e. The molecule has 4 aliphatic heterocycles. The molecule has 0 spiro atoms. The molecule has 10 rings (SSSR count). The number of halogens is 3. The summed E-state index contributed by atoms with van der Waals surface area (Å²) < 4.78 is 31.7. The SMILES string of the molecule is CC(C)C.Cc1cc(C)c(-c2nc3c([nH]2)CCN(C(C)C)CC3)cc1C(=O)N1CCC(c2ccc(C#N)cc2)CC1.Cc1cc(C)c(-c2nc3c([nH]2)CCNCC3)cc1C(=O)N1CCC(c2ccc(C#N)cc2)CC1.O=C(O)C(F)(F)F. The van der Waals surface area contributed by atoms with Crippen LogP contribution in [0.3, 0.4) is 0 Å². The molecule has 2 fully saturated rings. The van der Waals surface area contributed by atoms with Gasteiger partial charge in [-0.3, -0.25) is 9.59 Å². The first-order valence-corrected chi connectivity index (χ1v) is 28.8. The zero-order chi connectivity index (χ0) is 59.4. The summed E-state index contributed by atoms with van der Waals surface area (Å²) in [6.45, 7) is 26.2. The van der Waals surface area contributed by atoms with Gasteiger partial charge < -0.3 is 35.1 Å². The minimum Gasteiger partial charge on any atom is -0.475 e. The largest absolute Gasteiger partial charge is 0.490 e. The molecule has 2 amide bonds. The van der Waals surface area contributed by atoms with E-state index in [0.29, 0.717) is 29.0 Å². The van der Waals surface area contributed by atoms with Crippen LogP contribution in [0.5, 0.6) is 0 Å². The van der Waals surface area contributed by atoms with Crippen LogP contribution in [0.25, 0.3) is 22.8 Å². The molecule has 2 saturated heterocycles. The molecule has 0 saturated carbocycles. The van der Waals surface area contributed by atoms with Crippen molar-refractivity contribution in [2.45, 2.75) is 138 Å². The summed E-state index contributed by atoms with van der Waals surface area (Å²) in [5, 5.41) is 28.6. The second kappa shape index (κ2) is 27.9. The Labute approximate surface area is 481 Å². The standard InChI is InChI=1S/C31H37N5O.C28H31N5O.C4H10.C2HF3O2/c1-20(2)35-15-11-28-29(12-16-35)34-30(33-28)26-18-27(22(4)17-21(26)3)31(37)36-13-9-25(10-14-36)24-7-5-23(19-32)6-8-24;1-18-15-19(2)24(16-23(18)27-31-25-7-11-30-12-8-26(25)32-27)28(34)33-13-9-22(10-14-33)21-5-3-20(17-29)4-6-21;1-4(2)3;3-2(4,5)1(6)7/h5-8,17-18,20,25H,9-16H2,1-4H3,(H,33,34);3-6,15-16,22,30H,7-14H2,1-2H3,(H,31,32);4H,1-3H3;(H,6,7). The van der Waals surface area contributed by atoms with Crippen molar-refractivity contribution < 1.29 is 32.7 Å². The summed E-state index contributed by atoms with van der Waals surface area (Å²) in [6.07, 6.45) is 2.48. The highest BCUT2D eigenvalue weighted by Gasteiger charge is 2.38. The van der Waals surface area contributed by atoms with Crippen molar-refractivity contribution in [3.63, 3.8) is 0 Å². The number of carboxylic acid groups (broad SMARTS) is 1. The van der Waals surface area contributed by atoms with Crippen LogP contribution < -0.4 is 5.32 Å². The minimum absolute atomic E-state index is 0.106. The number of H-pyrrole nitrogens is 2. The van der Waals surface area contributed by atoms with E-state index in [2.05, 4.69) is 123 Å². The number of likely N-dealkylation sites (tertiary alicyclic amines) is 2. The van der Waals surface area contributed by atoms with Gasteiger partial charge >= 0.3 is 12.1 Å². The Morgan fingerprint density at radius 2 is 0.963 bits per heavy atom. The highest BCUT2D eigenvalue weighted by molar-refractivity contribution is 5.98. The number of nitrogens with zero attached hydrogens (tertiary/aromatic N) is 7. The van der Waals surface area contributed by atoms with Crippen molar-refractivity contribution in [1.29, 1.82) is 10.5 Å². The molecule has 0 aliphatic carbocycles. The number of piperidine rings is 2. The maximum atomic E-state index is 13.6. The van der Waals surface area contributed by atoms with Gasteiger partial charge in [0.1, 0.15) is 11.6 Å². The van der Waals surface area contributed by atoms with Gasteiger partial charge in [-0.25, -0.2) is 14.8 Å². The first kappa shape index (κ1) is 62.0. The van der Waals surface area contributed by atoms with Gasteiger partial charge in [0.15, 0.2) is 0 Å². The second-order valence-electron chi connectivity index (χ2n) is 23.0. The highest BCUT2D eigenvalue weighted by Crippen LogP contribution is 2.34. The predicted molar refractivity (Wildman–Crippen MR) is 314 cm³/mol. The molecule has 82 heavy (non-hydrogen) atoms. The van der Waals surface area contributed by atoms with E-state index in [1.165, 1.54) is 22.5 Å². The number of imidazole rings is 2. The van der Waals surface area contributed by atoms with Crippen LogP contribution in [0.1, 0.15) is 160 Å². The maximum Gasteiger partial charge on any atom is 0.490 e. The molecule has 14 nitrogen and oxygen atoms in total. The summed E-state index contributed by atoms with van der Waals surface area (Å²) in [4.78, 5) is 59.6.